The van der Waals surface area contributed by atoms with E-state index >= 15 is 0 Å². The monoisotopic (exact) mass is 518 g/mol. The highest BCUT2D eigenvalue weighted by Gasteiger charge is 2.30. The SMILES string of the molecule is NCCCCC(NC(=O)C(CCC(=O)O)NC(=O)C(N)CCCN=C(N)N)C(=O)NC(CO)C(=O)O. The molecule has 0 aromatic heterocycles. The molecule has 206 valence electrons. The van der Waals surface area contributed by atoms with E-state index < -0.39 is 66.9 Å². The summed E-state index contributed by atoms with van der Waals surface area (Å²) in [5.41, 5.74) is 21.7. The molecule has 0 aromatic rings. The minimum absolute atomic E-state index is 0.0798. The van der Waals surface area contributed by atoms with Crippen molar-refractivity contribution in [1.29, 1.82) is 0 Å². The lowest BCUT2D eigenvalue weighted by Crippen LogP contribution is -2.57. The van der Waals surface area contributed by atoms with Gasteiger partial charge in [-0.3, -0.25) is 24.2 Å². The van der Waals surface area contributed by atoms with E-state index in [1.165, 1.54) is 0 Å². The van der Waals surface area contributed by atoms with Crippen molar-refractivity contribution < 1.29 is 39.3 Å². The van der Waals surface area contributed by atoms with Gasteiger partial charge in [0.05, 0.1) is 12.6 Å². The van der Waals surface area contributed by atoms with Crippen molar-refractivity contribution in [3.05, 3.63) is 0 Å². The van der Waals surface area contributed by atoms with Crippen molar-refractivity contribution in [2.45, 2.75) is 69.1 Å². The third-order valence-corrected chi connectivity index (χ3v) is 4.96. The van der Waals surface area contributed by atoms with Gasteiger partial charge in [0.15, 0.2) is 5.96 Å². The summed E-state index contributed by atoms with van der Waals surface area (Å²) in [7, 11) is 0. The molecule has 0 aliphatic carbocycles. The first-order valence-electron chi connectivity index (χ1n) is 11.4. The van der Waals surface area contributed by atoms with E-state index in [2.05, 4.69) is 20.9 Å². The van der Waals surface area contributed by atoms with Gasteiger partial charge in [-0.1, -0.05) is 0 Å². The summed E-state index contributed by atoms with van der Waals surface area (Å²) in [5, 5.41) is 34.1. The van der Waals surface area contributed by atoms with Crippen LogP contribution in [0.1, 0.15) is 44.9 Å². The molecule has 14 N–H and O–H groups in total. The van der Waals surface area contributed by atoms with Crippen molar-refractivity contribution in [2.75, 3.05) is 19.7 Å². The lowest BCUT2D eigenvalue weighted by molar-refractivity contribution is -0.143. The van der Waals surface area contributed by atoms with Gasteiger partial charge < -0.3 is 54.2 Å². The Morgan fingerprint density at radius 3 is 1.83 bits per heavy atom. The fourth-order valence-electron chi connectivity index (χ4n) is 2.96. The zero-order valence-electron chi connectivity index (χ0n) is 20.0. The fraction of sp³-hybridized carbons (Fsp3) is 0.700. The molecule has 16 heteroatoms. The van der Waals surface area contributed by atoms with Crippen molar-refractivity contribution in [3.8, 4) is 0 Å². The number of aliphatic hydroxyl groups excluding tert-OH is 1. The molecule has 16 nitrogen and oxygen atoms in total. The fourth-order valence-corrected chi connectivity index (χ4v) is 2.96. The smallest absolute Gasteiger partial charge is 0.328 e. The van der Waals surface area contributed by atoms with Gasteiger partial charge in [0.2, 0.25) is 17.7 Å². The van der Waals surface area contributed by atoms with E-state index in [0.717, 1.165) is 0 Å². The van der Waals surface area contributed by atoms with E-state index in [4.69, 9.17) is 38.3 Å². The van der Waals surface area contributed by atoms with E-state index in [0.29, 0.717) is 25.8 Å². The van der Waals surface area contributed by atoms with Gasteiger partial charge >= 0.3 is 11.9 Å². The zero-order chi connectivity index (χ0) is 27.7. The van der Waals surface area contributed by atoms with Crippen LogP contribution in [-0.4, -0.2) is 94.8 Å². The molecular weight excluding hydrogens is 480 g/mol. The maximum atomic E-state index is 12.9. The number of hydrogen-bond donors (Lipinski definition) is 10. The van der Waals surface area contributed by atoms with E-state index in [1.807, 2.05) is 0 Å². The summed E-state index contributed by atoms with van der Waals surface area (Å²) < 4.78 is 0. The maximum Gasteiger partial charge on any atom is 0.328 e. The predicted molar refractivity (Wildman–Crippen MR) is 128 cm³/mol. The minimum atomic E-state index is -1.59. The average molecular weight is 519 g/mol. The Morgan fingerprint density at radius 1 is 0.778 bits per heavy atom. The number of amides is 3. The quantitative estimate of drug-likeness (QED) is 0.0443. The van der Waals surface area contributed by atoms with Crippen LogP contribution in [0.3, 0.4) is 0 Å². The maximum absolute atomic E-state index is 12.9. The number of aliphatic imine (C=N–C) groups is 1. The molecule has 0 aliphatic heterocycles. The number of rotatable bonds is 19. The van der Waals surface area contributed by atoms with Crippen LogP contribution < -0.4 is 38.9 Å². The van der Waals surface area contributed by atoms with Crippen LogP contribution in [0.5, 0.6) is 0 Å². The number of carbonyl (C=O) groups excluding carboxylic acids is 3. The number of nitrogens with zero attached hydrogens (tertiary/aromatic N) is 1. The van der Waals surface area contributed by atoms with Crippen molar-refractivity contribution in [2.24, 2.45) is 27.9 Å². The number of nitrogens with two attached hydrogens (primary N) is 4. The molecule has 36 heavy (non-hydrogen) atoms. The molecule has 0 rings (SSSR count). The van der Waals surface area contributed by atoms with Gasteiger partial charge in [0.1, 0.15) is 18.1 Å². The molecule has 4 atom stereocenters. The summed E-state index contributed by atoms with van der Waals surface area (Å²) in [6.45, 7) is -0.324. The number of aliphatic carboxylic acids is 2. The Kier molecular flexibility index (Phi) is 16.1. The van der Waals surface area contributed by atoms with Gasteiger partial charge in [-0.15, -0.1) is 0 Å². The van der Waals surface area contributed by atoms with Crippen LogP contribution >= 0.6 is 0 Å². The Labute approximate surface area is 208 Å². The lowest BCUT2D eigenvalue weighted by Gasteiger charge is -2.25. The number of nitrogens with one attached hydrogen (secondary N) is 3. The molecule has 0 radical (unpaired) electrons. The Balaban J connectivity index is 5.40. The predicted octanol–water partition coefficient (Wildman–Crippen LogP) is -4.11. The van der Waals surface area contributed by atoms with Crippen LogP contribution in [-0.2, 0) is 24.0 Å². The van der Waals surface area contributed by atoms with Crippen molar-refractivity contribution in [1.82, 2.24) is 16.0 Å². The third-order valence-electron chi connectivity index (χ3n) is 4.96. The van der Waals surface area contributed by atoms with E-state index in [1.54, 1.807) is 0 Å². The standard InChI is InChI=1S/C20H38N8O8/c21-8-2-1-5-12(17(33)28-14(10-29)19(35)36)27-18(34)13(6-7-15(30)31)26-16(32)11(22)4-3-9-25-20(23)24/h11-14,29H,1-10,21-22H2,(H,26,32)(H,27,34)(H,28,33)(H,30,31)(H,35,36)(H4,23,24,25). The number of unbranched alkanes of at least 4 members (excludes halogenated alkanes) is 1. The number of carboxylic acids is 2. The first-order valence-corrected chi connectivity index (χ1v) is 11.4. The van der Waals surface area contributed by atoms with E-state index in [-0.39, 0.29) is 31.8 Å². The minimum Gasteiger partial charge on any atom is -0.481 e. The van der Waals surface area contributed by atoms with Gasteiger partial charge in [-0.2, -0.15) is 0 Å². The molecule has 0 bridgehead atoms. The normalized spacial score (nSPS) is 14.0. The van der Waals surface area contributed by atoms with Crippen LogP contribution in [0.15, 0.2) is 4.99 Å². The van der Waals surface area contributed by atoms with Gasteiger partial charge in [-0.25, -0.2) is 4.79 Å². The first-order chi connectivity index (χ1) is 16.9. The summed E-state index contributed by atoms with van der Waals surface area (Å²) in [6.07, 6.45) is 0.785. The number of guanidine groups is 1. The average Bonchev–Trinajstić information content (AvgIpc) is 2.81. The molecule has 3 amide bonds. The highest BCUT2D eigenvalue weighted by atomic mass is 16.4. The number of aliphatic hydroxyl groups is 1. The van der Waals surface area contributed by atoms with Crippen LogP contribution in [0, 0.1) is 0 Å². The van der Waals surface area contributed by atoms with Gasteiger partial charge in [0.25, 0.3) is 0 Å². The highest BCUT2D eigenvalue weighted by molar-refractivity contribution is 5.94. The van der Waals surface area contributed by atoms with Crippen molar-refractivity contribution in [3.63, 3.8) is 0 Å². The number of carbonyl (C=O) groups is 5. The van der Waals surface area contributed by atoms with Crippen LogP contribution in [0.2, 0.25) is 0 Å². The van der Waals surface area contributed by atoms with Gasteiger partial charge in [-0.05, 0) is 45.1 Å². The van der Waals surface area contributed by atoms with Gasteiger partial charge in [0, 0.05) is 13.0 Å². The van der Waals surface area contributed by atoms with Crippen LogP contribution in [0.25, 0.3) is 0 Å². The van der Waals surface area contributed by atoms with Crippen LogP contribution in [0.4, 0.5) is 0 Å². The highest BCUT2D eigenvalue weighted by Crippen LogP contribution is 2.06. The van der Waals surface area contributed by atoms with E-state index in [9.17, 15) is 24.0 Å². The first kappa shape index (κ1) is 32.5. The number of carboxylic acid groups (broad SMARTS) is 2. The Hall–Kier alpha value is -3.50. The lowest BCUT2D eigenvalue weighted by atomic mass is 10.0. The summed E-state index contributed by atoms with van der Waals surface area (Å²) in [6, 6.07) is -5.19. The molecule has 0 fully saturated rings. The molecule has 0 saturated carbocycles. The topological polar surface area (TPSA) is 299 Å². The largest absolute Gasteiger partial charge is 0.481 e. The Morgan fingerprint density at radius 2 is 1.33 bits per heavy atom. The summed E-state index contributed by atoms with van der Waals surface area (Å²) >= 11 is 0. The Bertz CT molecular complexity index is 775. The second-order valence-corrected chi connectivity index (χ2v) is 7.98. The second kappa shape index (κ2) is 17.9. The number of hydrogen-bond acceptors (Lipinski definition) is 9. The summed E-state index contributed by atoms with van der Waals surface area (Å²) in [5.74, 6) is -5.26. The molecule has 0 heterocycles. The molecular formula is C20H38N8O8. The second-order valence-electron chi connectivity index (χ2n) is 7.98. The third kappa shape index (κ3) is 14.0. The molecule has 0 aromatic carbocycles. The molecule has 0 aliphatic rings. The summed E-state index contributed by atoms with van der Waals surface area (Å²) in [4.78, 5) is 63.9. The zero-order valence-corrected chi connectivity index (χ0v) is 20.0. The molecule has 0 saturated heterocycles. The van der Waals surface area contributed by atoms with Crippen molar-refractivity contribution >= 4 is 35.6 Å². The molecule has 4 unspecified atom stereocenters. The molecule has 0 spiro atoms.